The summed E-state index contributed by atoms with van der Waals surface area (Å²) in [6.45, 7) is 3.91. The van der Waals surface area contributed by atoms with Crippen LogP contribution < -0.4 is 11.3 Å². The Morgan fingerprint density at radius 2 is 2.07 bits per heavy atom. The molecule has 0 bridgehead atoms. The van der Waals surface area contributed by atoms with Gasteiger partial charge in [-0.05, 0) is 32.0 Å². The van der Waals surface area contributed by atoms with Crippen LogP contribution >= 0.6 is 0 Å². The molecule has 0 saturated heterocycles. The highest BCUT2D eigenvalue weighted by atomic mass is 15.4. The number of hydrogen-bond acceptors (Lipinski definition) is 5. The minimum Gasteiger partial charge on any atom is -0.307 e. The molecule has 2 rings (SSSR count). The number of nitrogens with one attached hydrogen (secondary N) is 1. The number of rotatable bonds is 2. The number of nitrogens with zero attached hydrogens (tertiary/aromatic N) is 4. The molecule has 0 aliphatic heterocycles. The van der Waals surface area contributed by atoms with E-state index in [2.05, 4.69) is 20.7 Å². The lowest BCUT2D eigenvalue weighted by molar-refractivity contribution is 0.782. The molecule has 0 fully saturated rings. The van der Waals surface area contributed by atoms with Crippen molar-refractivity contribution in [2.75, 3.05) is 5.43 Å². The lowest BCUT2D eigenvalue weighted by atomic mass is 10.4. The van der Waals surface area contributed by atoms with E-state index in [1.165, 1.54) is 0 Å². The molecule has 6 nitrogen and oxygen atoms in total. The first-order chi connectivity index (χ1) is 7.20. The normalized spacial score (nSPS) is 10.3. The van der Waals surface area contributed by atoms with E-state index in [1.54, 1.807) is 10.7 Å². The maximum atomic E-state index is 5.20. The average Bonchev–Trinajstić information content (AvgIpc) is 2.58. The Hall–Kier alpha value is -1.95. The molecule has 2 aromatic heterocycles. The van der Waals surface area contributed by atoms with Gasteiger partial charge in [-0.1, -0.05) is 0 Å². The van der Waals surface area contributed by atoms with E-state index >= 15 is 0 Å². The summed E-state index contributed by atoms with van der Waals surface area (Å²) in [5.74, 6) is 6.41. The topological polar surface area (TPSA) is 81.7 Å². The summed E-state index contributed by atoms with van der Waals surface area (Å²) in [6, 6.07) is 5.54. The average molecular weight is 204 g/mol. The first kappa shape index (κ1) is 9.60. The molecule has 2 heterocycles. The van der Waals surface area contributed by atoms with Gasteiger partial charge in [0.05, 0.1) is 5.69 Å². The number of hydrazine groups is 1. The number of anilines is 1. The molecule has 0 spiro atoms. The van der Waals surface area contributed by atoms with Gasteiger partial charge in [-0.2, -0.15) is 5.10 Å². The van der Waals surface area contributed by atoms with Crippen molar-refractivity contribution in [1.29, 1.82) is 0 Å². The van der Waals surface area contributed by atoms with E-state index in [-0.39, 0.29) is 0 Å². The molecular weight excluding hydrogens is 192 g/mol. The van der Waals surface area contributed by atoms with Gasteiger partial charge < -0.3 is 5.43 Å². The zero-order valence-corrected chi connectivity index (χ0v) is 8.60. The predicted molar refractivity (Wildman–Crippen MR) is 56.4 cm³/mol. The molecule has 0 aliphatic carbocycles. The van der Waals surface area contributed by atoms with Crippen LogP contribution in [0.25, 0.3) is 5.82 Å². The van der Waals surface area contributed by atoms with Crippen molar-refractivity contribution in [2.45, 2.75) is 13.8 Å². The third-order valence-corrected chi connectivity index (χ3v) is 2.02. The van der Waals surface area contributed by atoms with Crippen molar-refractivity contribution in [3.63, 3.8) is 0 Å². The summed E-state index contributed by atoms with van der Waals surface area (Å²) in [5, 5.41) is 12.2. The minimum atomic E-state index is 0.528. The molecule has 0 atom stereocenters. The molecule has 2 aromatic rings. The second-order valence-corrected chi connectivity index (χ2v) is 3.26. The summed E-state index contributed by atoms with van der Waals surface area (Å²) in [5.41, 5.74) is 4.40. The van der Waals surface area contributed by atoms with Gasteiger partial charge in [-0.15, -0.1) is 10.2 Å². The van der Waals surface area contributed by atoms with Crippen LogP contribution in [0.1, 0.15) is 11.4 Å². The van der Waals surface area contributed by atoms with Crippen LogP contribution in [0, 0.1) is 13.8 Å². The second-order valence-electron chi connectivity index (χ2n) is 3.26. The molecule has 0 saturated carbocycles. The smallest absolute Gasteiger partial charge is 0.176 e. The van der Waals surface area contributed by atoms with Crippen LogP contribution in [0.5, 0.6) is 0 Å². The predicted octanol–water partition coefficient (Wildman–Crippen LogP) is 0.565. The highest BCUT2D eigenvalue weighted by Crippen LogP contribution is 2.09. The van der Waals surface area contributed by atoms with E-state index in [0.717, 1.165) is 11.4 Å². The Labute approximate surface area is 87.1 Å². The van der Waals surface area contributed by atoms with Gasteiger partial charge in [0.25, 0.3) is 0 Å². The summed E-state index contributed by atoms with van der Waals surface area (Å²) < 4.78 is 1.74. The van der Waals surface area contributed by atoms with Gasteiger partial charge in [0.15, 0.2) is 11.6 Å². The fraction of sp³-hybridized carbons (Fsp3) is 0.222. The summed E-state index contributed by atoms with van der Waals surface area (Å²) in [6.07, 6.45) is 0. The number of hydrogen-bond donors (Lipinski definition) is 2. The van der Waals surface area contributed by atoms with Gasteiger partial charge in [0, 0.05) is 5.69 Å². The molecule has 0 unspecified atom stereocenters. The highest BCUT2D eigenvalue weighted by molar-refractivity contribution is 5.35. The van der Waals surface area contributed by atoms with Gasteiger partial charge in [0.2, 0.25) is 0 Å². The molecule has 6 heteroatoms. The second kappa shape index (κ2) is 3.66. The monoisotopic (exact) mass is 204 g/mol. The Morgan fingerprint density at radius 3 is 2.53 bits per heavy atom. The maximum absolute atomic E-state index is 5.20. The molecule has 15 heavy (non-hydrogen) atoms. The fourth-order valence-electron chi connectivity index (χ4n) is 1.38. The molecule has 0 radical (unpaired) electrons. The summed E-state index contributed by atoms with van der Waals surface area (Å²) in [7, 11) is 0. The van der Waals surface area contributed by atoms with Crippen molar-refractivity contribution < 1.29 is 0 Å². The van der Waals surface area contributed by atoms with E-state index in [1.807, 2.05) is 26.0 Å². The van der Waals surface area contributed by atoms with Crippen molar-refractivity contribution in [3.05, 3.63) is 29.6 Å². The Kier molecular flexibility index (Phi) is 2.34. The van der Waals surface area contributed by atoms with Crippen LogP contribution in [-0.2, 0) is 0 Å². The molecular formula is C9H12N6. The number of nitrogen functional groups attached to an aromatic ring is 1. The van der Waals surface area contributed by atoms with E-state index in [4.69, 9.17) is 5.84 Å². The van der Waals surface area contributed by atoms with E-state index < -0.39 is 0 Å². The summed E-state index contributed by atoms with van der Waals surface area (Å²) >= 11 is 0. The first-order valence-corrected chi connectivity index (χ1v) is 4.54. The van der Waals surface area contributed by atoms with E-state index in [9.17, 15) is 0 Å². The number of aromatic nitrogens is 4. The van der Waals surface area contributed by atoms with Gasteiger partial charge in [0.1, 0.15) is 0 Å². The molecule has 0 amide bonds. The van der Waals surface area contributed by atoms with Crippen LogP contribution in [0.15, 0.2) is 18.2 Å². The highest BCUT2D eigenvalue weighted by Gasteiger charge is 2.04. The molecule has 0 aliphatic rings. The standard InChI is InChI=1S/C9H12N6/c1-6-5-7(2)15(14-6)9-4-3-8(11-10)12-13-9/h3-5H,10H2,1-2H3,(H,11,12). The van der Waals surface area contributed by atoms with Crippen LogP contribution in [0.2, 0.25) is 0 Å². The first-order valence-electron chi connectivity index (χ1n) is 4.54. The molecule has 3 N–H and O–H groups in total. The lowest BCUT2D eigenvalue weighted by Crippen LogP contribution is -2.10. The fourth-order valence-corrected chi connectivity index (χ4v) is 1.38. The Morgan fingerprint density at radius 1 is 1.27 bits per heavy atom. The quantitative estimate of drug-likeness (QED) is 0.552. The SMILES string of the molecule is Cc1cc(C)n(-c2ccc(NN)nn2)n1. The Balaban J connectivity index is 2.41. The summed E-state index contributed by atoms with van der Waals surface area (Å²) in [4.78, 5) is 0. The minimum absolute atomic E-state index is 0.528. The van der Waals surface area contributed by atoms with Crippen LogP contribution in [0.3, 0.4) is 0 Å². The molecule has 78 valence electrons. The van der Waals surface area contributed by atoms with Crippen LogP contribution in [-0.4, -0.2) is 20.0 Å². The zero-order chi connectivity index (χ0) is 10.8. The van der Waals surface area contributed by atoms with E-state index in [0.29, 0.717) is 11.6 Å². The number of nitrogens with two attached hydrogens (primary N) is 1. The molecule has 0 aromatic carbocycles. The van der Waals surface area contributed by atoms with Crippen molar-refractivity contribution in [3.8, 4) is 5.82 Å². The third kappa shape index (κ3) is 1.79. The number of aryl methyl sites for hydroxylation is 2. The van der Waals surface area contributed by atoms with Crippen molar-refractivity contribution >= 4 is 5.82 Å². The Bertz CT molecular complexity index is 458. The van der Waals surface area contributed by atoms with Gasteiger partial charge in [-0.25, -0.2) is 10.5 Å². The van der Waals surface area contributed by atoms with Gasteiger partial charge >= 0.3 is 0 Å². The van der Waals surface area contributed by atoms with Crippen molar-refractivity contribution in [1.82, 2.24) is 20.0 Å². The zero-order valence-electron chi connectivity index (χ0n) is 8.60. The largest absolute Gasteiger partial charge is 0.307 e. The van der Waals surface area contributed by atoms with Crippen LogP contribution in [0.4, 0.5) is 5.82 Å². The lowest BCUT2D eigenvalue weighted by Gasteiger charge is -2.02. The van der Waals surface area contributed by atoms with Gasteiger partial charge in [-0.3, -0.25) is 0 Å². The third-order valence-electron chi connectivity index (χ3n) is 2.02. The maximum Gasteiger partial charge on any atom is 0.176 e. The van der Waals surface area contributed by atoms with Crippen molar-refractivity contribution in [2.24, 2.45) is 5.84 Å².